The molecule has 4 heteroatoms. The zero-order valence-electron chi connectivity index (χ0n) is 10.8. The van der Waals surface area contributed by atoms with E-state index in [1.807, 2.05) is 18.7 Å². The van der Waals surface area contributed by atoms with Gasteiger partial charge in [0.15, 0.2) is 0 Å². The van der Waals surface area contributed by atoms with E-state index in [4.69, 9.17) is 5.73 Å². The minimum atomic E-state index is -0.0515. The molecule has 1 rings (SSSR count). The van der Waals surface area contributed by atoms with Crippen molar-refractivity contribution in [1.29, 1.82) is 0 Å². The van der Waals surface area contributed by atoms with Crippen molar-refractivity contribution >= 4 is 18.3 Å². The fraction of sp³-hybridized carbons (Fsp3) is 0.917. The molecule has 3 unspecified atom stereocenters. The summed E-state index contributed by atoms with van der Waals surface area (Å²) in [6, 6.07) is 0.379. The Kier molecular flexibility index (Phi) is 6.34. The van der Waals surface area contributed by atoms with E-state index in [-0.39, 0.29) is 30.3 Å². The Morgan fingerprint density at radius 2 is 1.88 bits per heavy atom. The molecule has 3 nitrogen and oxygen atoms in total. The van der Waals surface area contributed by atoms with Crippen molar-refractivity contribution in [3.63, 3.8) is 0 Å². The first-order valence-corrected chi connectivity index (χ1v) is 6.01. The van der Waals surface area contributed by atoms with Crippen LogP contribution in [-0.4, -0.2) is 29.4 Å². The molecule has 1 saturated heterocycles. The van der Waals surface area contributed by atoms with Crippen LogP contribution in [-0.2, 0) is 4.79 Å². The highest BCUT2D eigenvalue weighted by atomic mass is 35.5. The monoisotopic (exact) mass is 248 g/mol. The number of hydrogen-bond acceptors (Lipinski definition) is 2. The van der Waals surface area contributed by atoms with Crippen LogP contribution in [0.25, 0.3) is 0 Å². The lowest BCUT2D eigenvalue weighted by Crippen LogP contribution is -2.45. The molecule has 0 aromatic carbocycles. The minimum Gasteiger partial charge on any atom is -0.339 e. The van der Waals surface area contributed by atoms with E-state index >= 15 is 0 Å². The first-order chi connectivity index (χ1) is 6.95. The van der Waals surface area contributed by atoms with Gasteiger partial charge in [0, 0.05) is 18.6 Å². The molecule has 0 spiro atoms. The highest BCUT2D eigenvalue weighted by molar-refractivity contribution is 5.85. The lowest BCUT2D eigenvalue weighted by atomic mass is 9.98. The molecule has 3 atom stereocenters. The maximum Gasteiger partial charge on any atom is 0.227 e. The molecule has 1 fully saturated rings. The van der Waals surface area contributed by atoms with Crippen LogP contribution in [0.1, 0.15) is 40.5 Å². The van der Waals surface area contributed by atoms with Gasteiger partial charge in [0.25, 0.3) is 0 Å². The second kappa shape index (κ2) is 6.45. The van der Waals surface area contributed by atoms with Crippen molar-refractivity contribution < 1.29 is 4.79 Å². The average Bonchev–Trinajstić information content (AvgIpc) is 2.63. The Hall–Kier alpha value is -0.280. The van der Waals surface area contributed by atoms with Crippen molar-refractivity contribution in [2.24, 2.45) is 17.6 Å². The summed E-state index contributed by atoms with van der Waals surface area (Å²) in [6.07, 6.45) is 2.29. The minimum absolute atomic E-state index is 0. The Morgan fingerprint density at radius 3 is 2.31 bits per heavy atom. The highest BCUT2D eigenvalue weighted by Gasteiger charge is 2.33. The van der Waals surface area contributed by atoms with Crippen LogP contribution in [0.5, 0.6) is 0 Å². The van der Waals surface area contributed by atoms with Gasteiger partial charge in [-0.05, 0) is 25.7 Å². The third-order valence-electron chi connectivity index (χ3n) is 3.53. The molecule has 2 N–H and O–H groups in total. The molecular weight excluding hydrogens is 224 g/mol. The number of halogens is 1. The molecule has 0 radical (unpaired) electrons. The zero-order chi connectivity index (χ0) is 11.6. The van der Waals surface area contributed by atoms with Crippen molar-refractivity contribution in [1.82, 2.24) is 4.90 Å². The van der Waals surface area contributed by atoms with Gasteiger partial charge in [0.2, 0.25) is 5.91 Å². The Labute approximate surface area is 105 Å². The largest absolute Gasteiger partial charge is 0.339 e. The SMILES string of the molecule is CC(C)C1CCCN1C(=O)C(C)C(C)N.Cl. The topological polar surface area (TPSA) is 46.3 Å². The fourth-order valence-electron chi connectivity index (χ4n) is 2.25. The van der Waals surface area contributed by atoms with Gasteiger partial charge in [0.05, 0.1) is 5.92 Å². The smallest absolute Gasteiger partial charge is 0.227 e. The van der Waals surface area contributed by atoms with Gasteiger partial charge >= 0.3 is 0 Å². The summed E-state index contributed by atoms with van der Waals surface area (Å²) in [6.45, 7) is 9.13. The Balaban J connectivity index is 0.00000225. The van der Waals surface area contributed by atoms with Gasteiger partial charge in [-0.25, -0.2) is 0 Å². The third kappa shape index (κ3) is 3.36. The van der Waals surface area contributed by atoms with E-state index in [0.717, 1.165) is 19.4 Å². The van der Waals surface area contributed by atoms with Gasteiger partial charge in [-0.3, -0.25) is 4.79 Å². The number of rotatable bonds is 3. The van der Waals surface area contributed by atoms with Crippen molar-refractivity contribution in [2.45, 2.75) is 52.6 Å². The lowest BCUT2D eigenvalue weighted by Gasteiger charge is -2.31. The molecule has 0 saturated carbocycles. The first-order valence-electron chi connectivity index (χ1n) is 6.01. The number of nitrogens with zero attached hydrogens (tertiary/aromatic N) is 1. The quantitative estimate of drug-likeness (QED) is 0.831. The summed E-state index contributed by atoms with van der Waals surface area (Å²) in [5, 5.41) is 0. The summed E-state index contributed by atoms with van der Waals surface area (Å²) in [5.74, 6) is 0.738. The molecule has 0 aromatic heterocycles. The molecular formula is C12H25ClN2O. The molecule has 0 aromatic rings. The van der Waals surface area contributed by atoms with E-state index in [1.165, 1.54) is 0 Å². The van der Waals surface area contributed by atoms with E-state index in [9.17, 15) is 4.79 Å². The normalized spacial score (nSPS) is 24.1. The number of hydrogen-bond donors (Lipinski definition) is 1. The number of amides is 1. The number of carbonyl (C=O) groups excluding carboxylic acids is 1. The summed E-state index contributed by atoms with van der Waals surface area (Å²) in [7, 11) is 0. The maximum atomic E-state index is 12.1. The van der Waals surface area contributed by atoms with Gasteiger partial charge < -0.3 is 10.6 Å². The van der Waals surface area contributed by atoms with E-state index < -0.39 is 0 Å². The van der Waals surface area contributed by atoms with Gasteiger partial charge in [-0.15, -0.1) is 12.4 Å². The Morgan fingerprint density at radius 1 is 1.31 bits per heavy atom. The molecule has 1 aliphatic rings. The predicted octanol–water partition coefficient (Wildman–Crippen LogP) is 2.04. The van der Waals surface area contributed by atoms with E-state index in [0.29, 0.717) is 12.0 Å². The van der Waals surface area contributed by atoms with Crippen LogP contribution in [0.3, 0.4) is 0 Å². The molecule has 96 valence electrons. The van der Waals surface area contributed by atoms with Gasteiger partial charge in [-0.2, -0.15) is 0 Å². The molecule has 0 aliphatic carbocycles. The molecule has 16 heavy (non-hydrogen) atoms. The van der Waals surface area contributed by atoms with Crippen molar-refractivity contribution in [3.05, 3.63) is 0 Å². The first kappa shape index (κ1) is 15.7. The van der Waals surface area contributed by atoms with Gasteiger partial charge in [-0.1, -0.05) is 20.8 Å². The highest BCUT2D eigenvalue weighted by Crippen LogP contribution is 2.25. The summed E-state index contributed by atoms with van der Waals surface area (Å²) in [4.78, 5) is 14.2. The average molecular weight is 249 g/mol. The second-order valence-electron chi connectivity index (χ2n) is 5.13. The van der Waals surface area contributed by atoms with Crippen LogP contribution in [0.2, 0.25) is 0 Å². The van der Waals surface area contributed by atoms with Crippen LogP contribution < -0.4 is 5.73 Å². The lowest BCUT2D eigenvalue weighted by molar-refractivity contribution is -0.137. The van der Waals surface area contributed by atoms with Crippen LogP contribution in [0.15, 0.2) is 0 Å². The third-order valence-corrected chi connectivity index (χ3v) is 3.53. The van der Waals surface area contributed by atoms with Crippen LogP contribution in [0, 0.1) is 11.8 Å². The van der Waals surface area contributed by atoms with Gasteiger partial charge in [0.1, 0.15) is 0 Å². The fourth-order valence-corrected chi connectivity index (χ4v) is 2.25. The Bertz CT molecular complexity index is 231. The number of nitrogens with two attached hydrogens (primary N) is 1. The predicted molar refractivity (Wildman–Crippen MR) is 69.6 cm³/mol. The van der Waals surface area contributed by atoms with Crippen LogP contribution in [0.4, 0.5) is 0 Å². The van der Waals surface area contributed by atoms with E-state index in [2.05, 4.69) is 13.8 Å². The summed E-state index contributed by atoms with van der Waals surface area (Å²) in [5.41, 5.74) is 5.78. The number of carbonyl (C=O) groups is 1. The van der Waals surface area contributed by atoms with Crippen molar-refractivity contribution in [3.8, 4) is 0 Å². The molecule has 1 amide bonds. The summed E-state index contributed by atoms with van der Waals surface area (Å²) < 4.78 is 0. The zero-order valence-corrected chi connectivity index (χ0v) is 11.6. The van der Waals surface area contributed by atoms with Crippen LogP contribution >= 0.6 is 12.4 Å². The maximum absolute atomic E-state index is 12.1. The van der Waals surface area contributed by atoms with Crippen molar-refractivity contribution in [2.75, 3.05) is 6.54 Å². The standard InChI is InChI=1S/C12H24N2O.ClH/c1-8(2)11-6-5-7-14(11)12(15)9(3)10(4)13;/h8-11H,5-7,13H2,1-4H3;1H. The molecule has 1 heterocycles. The molecule has 0 bridgehead atoms. The summed E-state index contributed by atoms with van der Waals surface area (Å²) >= 11 is 0. The molecule has 1 aliphatic heterocycles. The van der Waals surface area contributed by atoms with E-state index in [1.54, 1.807) is 0 Å². The number of likely N-dealkylation sites (tertiary alicyclic amines) is 1. The second-order valence-corrected chi connectivity index (χ2v) is 5.13.